The summed E-state index contributed by atoms with van der Waals surface area (Å²) in [6.07, 6.45) is 0. The van der Waals surface area contributed by atoms with Crippen LogP contribution in [0.4, 0.5) is 0 Å². The maximum Gasteiger partial charge on any atom is 0 e. The summed E-state index contributed by atoms with van der Waals surface area (Å²) in [5.41, 5.74) is 0. The van der Waals surface area contributed by atoms with Crippen LogP contribution < -0.4 is 0 Å². The van der Waals surface area contributed by atoms with Crippen molar-refractivity contribution in [3.8, 4) is 0 Å². The second-order valence-electron chi connectivity index (χ2n) is 1.09. The Bertz CT molecular complexity index is 92.0. The molecule has 0 saturated heterocycles. The van der Waals surface area contributed by atoms with E-state index in [1.807, 2.05) is 0 Å². The first-order chi connectivity index (χ1) is 3.13. The quantitative estimate of drug-likeness (QED) is 0.323. The normalized spacial score (nSPS) is 6.00. The molecular formula is C4H9InO3Zn. The first-order valence-corrected chi connectivity index (χ1v) is 1.82. The number of rotatable bonds is 0. The number of ether oxygens (including phenoxy) is 1. The molecule has 0 aliphatic carbocycles. The Morgan fingerprint density at radius 2 is 1.33 bits per heavy atom. The van der Waals surface area contributed by atoms with Crippen LogP contribution in [0.1, 0.15) is 13.8 Å². The van der Waals surface area contributed by atoms with Crippen LogP contribution >= 0.6 is 0 Å². The van der Waals surface area contributed by atoms with Gasteiger partial charge < -0.3 is 4.74 Å². The zero-order valence-electron chi connectivity index (χ0n) is 4.93. The Morgan fingerprint density at radius 3 is 1.33 bits per heavy atom. The molecule has 0 unspecified atom stereocenters. The van der Waals surface area contributed by atoms with Gasteiger partial charge in [-0.15, -0.1) is 0 Å². The third kappa shape index (κ3) is 17.7. The third-order valence-corrected chi connectivity index (χ3v) is 0.287. The molecular weight excluding hydrogens is 276 g/mol. The Morgan fingerprint density at radius 1 is 1.11 bits per heavy atom. The van der Waals surface area contributed by atoms with E-state index in [1.165, 1.54) is 13.8 Å². The van der Waals surface area contributed by atoms with Crippen LogP contribution in [0, 0.1) is 0 Å². The molecule has 0 aromatic heterocycles. The summed E-state index contributed by atoms with van der Waals surface area (Å²) in [4.78, 5) is 19.6. The van der Waals surface area contributed by atoms with Crippen LogP contribution in [-0.2, 0) is 33.8 Å². The molecule has 3 nitrogen and oxygen atoms in total. The molecule has 0 aromatic rings. The zero-order chi connectivity index (χ0) is 5.86. The fourth-order valence-electron chi connectivity index (χ4n) is 0.202. The molecule has 0 heterocycles. The molecule has 0 fully saturated rings. The summed E-state index contributed by atoms with van der Waals surface area (Å²) >= 11 is 0. The number of carbonyl (C=O) groups is 2. The van der Waals surface area contributed by atoms with E-state index in [0.29, 0.717) is 0 Å². The Labute approximate surface area is 85.1 Å². The van der Waals surface area contributed by atoms with Crippen LogP contribution in [0.5, 0.6) is 0 Å². The molecule has 0 spiro atoms. The molecule has 0 rings (SSSR count). The van der Waals surface area contributed by atoms with Gasteiger partial charge in [0.2, 0.25) is 0 Å². The van der Waals surface area contributed by atoms with E-state index in [2.05, 4.69) is 4.74 Å². The Balaban J connectivity index is -0.000000180. The van der Waals surface area contributed by atoms with Crippen molar-refractivity contribution in [1.29, 1.82) is 0 Å². The van der Waals surface area contributed by atoms with Crippen LogP contribution in [-0.4, -0.2) is 37.8 Å². The Hall–Kier alpha value is 0.634. The molecule has 9 heavy (non-hydrogen) atoms. The molecule has 0 radical (unpaired) electrons. The summed E-state index contributed by atoms with van der Waals surface area (Å²) in [5.74, 6) is -1.12. The average molecular weight is 285 g/mol. The average Bonchev–Trinajstić information content (AvgIpc) is 1.27. The van der Waals surface area contributed by atoms with Crippen LogP contribution in [0.2, 0.25) is 0 Å². The van der Waals surface area contributed by atoms with Gasteiger partial charge in [-0.2, -0.15) is 0 Å². The smallest absolute Gasteiger partial charge is 0 e. The standard InChI is InChI=1S/C4H6O3.In.Zn.3H/c1-3(5)7-4(2)6;;;;;/h1-2H3;;;;;. The van der Waals surface area contributed by atoms with Gasteiger partial charge in [-0.25, -0.2) is 0 Å². The molecule has 0 aromatic carbocycles. The largest absolute Gasteiger partial charge is 0 e. The summed E-state index contributed by atoms with van der Waals surface area (Å²) in [6.45, 7) is 2.36. The summed E-state index contributed by atoms with van der Waals surface area (Å²) in [7, 11) is 0. The van der Waals surface area contributed by atoms with Crippen molar-refractivity contribution in [3.63, 3.8) is 0 Å². The molecule has 0 N–H and O–H groups in total. The van der Waals surface area contributed by atoms with Crippen LogP contribution in [0.3, 0.4) is 0 Å². The predicted octanol–water partition coefficient (Wildman–Crippen LogP) is -1.09. The summed E-state index contributed by atoms with van der Waals surface area (Å²) < 4.78 is 3.97. The Kier molecular flexibility index (Phi) is 15.7. The van der Waals surface area contributed by atoms with Crippen molar-refractivity contribution in [2.75, 3.05) is 0 Å². The molecule has 0 saturated carbocycles. The van der Waals surface area contributed by atoms with Crippen molar-refractivity contribution in [1.82, 2.24) is 0 Å². The van der Waals surface area contributed by atoms with Crippen LogP contribution in [0.25, 0.3) is 0 Å². The molecule has 5 heteroatoms. The van der Waals surface area contributed by atoms with Gasteiger partial charge in [-0.1, -0.05) is 0 Å². The number of carbonyl (C=O) groups excluding carboxylic acids is 2. The maximum absolute atomic E-state index is 9.81. The molecule has 0 atom stereocenters. The number of hydrogen-bond acceptors (Lipinski definition) is 3. The number of hydrogen-bond donors (Lipinski definition) is 0. The van der Waals surface area contributed by atoms with E-state index in [0.717, 1.165) is 0 Å². The van der Waals surface area contributed by atoms with E-state index in [4.69, 9.17) is 0 Å². The first-order valence-electron chi connectivity index (χ1n) is 1.82. The minimum absolute atomic E-state index is 0. The second kappa shape index (κ2) is 8.63. The van der Waals surface area contributed by atoms with Crippen molar-refractivity contribution in [2.24, 2.45) is 0 Å². The zero-order valence-corrected chi connectivity index (χ0v) is 7.90. The molecule has 0 bridgehead atoms. The van der Waals surface area contributed by atoms with Gasteiger partial charge in [0, 0.05) is 33.3 Å². The predicted molar refractivity (Wildman–Crippen MR) is 32.4 cm³/mol. The summed E-state index contributed by atoms with van der Waals surface area (Å²) in [6, 6.07) is 0. The number of esters is 2. The fraction of sp³-hybridized carbons (Fsp3) is 0.500. The van der Waals surface area contributed by atoms with Gasteiger partial charge in [0.05, 0.1) is 0 Å². The minimum Gasteiger partial charge on any atom is 0 e. The van der Waals surface area contributed by atoms with Crippen molar-refractivity contribution in [3.05, 3.63) is 0 Å². The summed E-state index contributed by atoms with van der Waals surface area (Å²) in [5, 5.41) is 0. The molecule has 0 aliphatic rings. The van der Waals surface area contributed by atoms with Crippen molar-refractivity contribution in [2.45, 2.75) is 13.8 Å². The third-order valence-electron chi connectivity index (χ3n) is 0.287. The van der Waals surface area contributed by atoms with E-state index >= 15 is 0 Å². The minimum atomic E-state index is -0.562. The first kappa shape index (κ1) is 16.3. The molecule has 0 amide bonds. The monoisotopic (exact) mass is 284 g/mol. The second-order valence-corrected chi connectivity index (χ2v) is 1.09. The van der Waals surface area contributed by atoms with Crippen LogP contribution in [0.15, 0.2) is 0 Å². The fourth-order valence-corrected chi connectivity index (χ4v) is 0.202. The van der Waals surface area contributed by atoms with E-state index in [9.17, 15) is 9.59 Å². The van der Waals surface area contributed by atoms with Gasteiger partial charge in [0.25, 0.3) is 0 Å². The van der Waals surface area contributed by atoms with E-state index in [-0.39, 0.29) is 45.3 Å². The maximum atomic E-state index is 9.81. The van der Waals surface area contributed by atoms with E-state index in [1.54, 1.807) is 0 Å². The van der Waals surface area contributed by atoms with Gasteiger partial charge >= 0.3 is 37.8 Å². The van der Waals surface area contributed by atoms with E-state index < -0.39 is 11.9 Å². The van der Waals surface area contributed by atoms with Gasteiger partial charge in [-0.3, -0.25) is 9.59 Å². The van der Waals surface area contributed by atoms with Gasteiger partial charge in [0.15, 0.2) is 0 Å². The topological polar surface area (TPSA) is 43.4 Å². The molecule has 0 aliphatic heterocycles. The van der Waals surface area contributed by atoms with Crippen molar-refractivity contribution < 1.29 is 33.8 Å². The SMILES string of the molecule is CC(=O)OC(C)=O.[InH3].[Zn]. The van der Waals surface area contributed by atoms with Gasteiger partial charge in [-0.05, 0) is 0 Å². The molecule has 48 valence electrons. The van der Waals surface area contributed by atoms with Crippen molar-refractivity contribution >= 4 is 37.8 Å². The van der Waals surface area contributed by atoms with Gasteiger partial charge in [0.1, 0.15) is 0 Å².